The van der Waals surface area contributed by atoms with Crippen molar-refractivity contribution in [2.24, 2.45) is 0 Å². The monoisotopic (exact) mass is 358 g/mol. The minimum atomic E-state index is -0.164. The minimum absolute atomic E-state index is 0.164. The Kier molecular flexibility index (Phi) is 4.83. The van der Waals surface area contributed by atoms with Crippen LogP contribution in [0.15, 0.2) is 53.9 Å². The van der Waals surface area contributed by atoms with Gasteiger partial charge >= 0.3 is 0 Å². The number of phenolic OH excluding ortho intramolecular Hbond substituents is 1. The summed E-state index contributed by atoms with van der Waals surface area (Å²) < 4.78 is 0. The first-order valence-electron chi connectivity index (χ1n) is 7.28. The van der Waals surface area contributed by atoms with E-state index in [1.165, 1.54) is 11.3 Å². The lowest BCUT2D eigenvalue weighted by Crippen LogP contribution is -2.26. The number of nitrogens with zero attached hydrogens (tertiary/aromatic N) is 2. The molecule has 6 heteroatoms. The summed E-state index contributed by atoms with van der Waals surface area (Å²) in [5.74, 6) is 0.0214. The number of aromatic nitrogens is 1. The van der Waals surface area contributed by atoms with Crippen molar-refractivity contribution in [1.29, 1.82) is 0 Å². The second-order valence-corrected chi connectivity index (χ2v) is 6.67. The number of thiazole rings is 1. The first-order valence-corrected chi connectivity index (χ1v) is 8.53. The summed E-state index contributed by atoms with van der Waals surface area (Å²) in [6.45, 7) is 0.400. The van der Waals surface area contributed by atoms with Crippen LogP contribution in [0, 0.1) is 0 Å². The maximum atomic E-state index is 12.5. The van der Waals surface area contributed by atoms with Gasteiger partial charge in [0.15, 0.2) is 0 Å². The largest absolute Gasteiger partial charge is 0.508 e. The lowest BCUT2D eigenvalue weighted by molar-refractivity contribution is 0.0780. The Balaban J connectivity index is 1.75. The van der Waals surface area contributed by atoms with E-state index in [1.54, 1.807) is 41.6 Å². The molecule has 0 aliphatic rings. The van der Waals surface area contributed by atoms with Crippen LogP contribution < -0.4 is 0 Å². The fraction of sp³-hybridized carbons (Fsp3) is 0.111. The summed E-state index contributed by atoms with van der Waals surface area (Å²) in [7, 11) is 1.71. The van der Waals surface area contributed by atoms with Crippen molar-refractivity contribution in [3.05, 3.63) is 70.2 Å². The van der Waals surface area contributed by atoms with Crippen LogP contribution in [0.3, 0.4) is 0 Å². The van der Waals surface area contributed by atoms with Crippen LogP contribution in [-0.4, -0.2) is 27.9 Å². The highest BCUT2D eigenvalue weighted by Crippen LogP contribution is 2.26. The maximum absolute atomic E-state index is 12.5. The molecule has 2 aromatic carbocycles. The first kappa shape index (κ1) is 16.5. The maximum Gasteiger partial charge on any atom is 0.273 e. The third-order valence-corrected chi connectivity index (χ3v) is 4.60. The number of carbonyl (C=O) groups excluding carboxylic acids is 1. The molecule has 1 N–H and O–H groups in total. The molecule has 1 amide bonds. The Hall–Kier alpha value is -2.37. The van der Waals surface area contributed by atoms with Gasteiger partial charge in [0.2, 0.25) is 0 Å². The Morgan fingerprint density at radius 2 is 2.04 bits per heavy atom. The number of aromatic hydroxyl groups is 1. The van der Waals surface area contributed by atoms with Gasteiger partial charge in [0.05, 0.1) is 0 Å². The minimum Gasteiger partial charge on any atom is -0.508 e. The molecule has 4 nitrogen and oxygen atoms in total. The highest BCUT2D eigenvalue weighted by molar-refractivity contribution is 7.13. The molecule has 3 aromatic rings. The second kappa shape index (κ2) is 7.03. The lowest BCUT2D eigenvalue weighted by Gasteiger charge is -2.16. The molecule has 0 aliphatic carbocycles. The Morgan fingerprint density at radius 1 is 1.25 bits per heavy atom. The van der Waals surface area contributed by atoms with Crippen molar-refractivity contribution in [2.75, 3.05) is 7.05 Å². The van der Waals surface area contributed by atoms with Crippen LogP contribution in [-0.2, 0) is 6.54 Å². The molecule has 1 heterocycles. The number of rotatable bonds is 4. The van der Waals surface area contributed by atoms with Crippen LogP contribution in [0.5, 0.6) is 5.75 Å². The lowest BCUT2D eigenvalue weighted by atomic mass is 10.2. The highest BCUT2D eigenvalue weighted by atomic mass is 35.5. The van der Waals surface area contributed by atoms with Gasteiger partial charge in [-0.25, -0.2) is 4.98 Å². The molecule has 24 heavy (non-hydrogen) atoms. The second-order valence-electron chi connectivity index (χ2n) is 5.38. The topological polar surface area (TPSA) is 53.4 Å². The number of carbonyl (C=O) groups is 1. The number of hydrogen-bond acceptors (Lipinski definition) is 4. The van der Waals surface area contributed by atoms with Crippen LogP contribution in [0.2, 0.25) is 5.02 Å². The van der Waals surface area contributed by atoms with Crippen molar-refractivity contribution in [3.63, 3.8) is 0 Å². The van der Waals surface area contributed by atoms with Gasteiger partial charge in [-0.3, -0.25) is 4.79 Å². The quantitative estimate of drug-likeness (QED) is 0.750. The molecule has 0 radical (unpaired) electrons. The van der Waals surface area contributed by atoms with Crippen LogP contribution in [0.4, 0.5) is 0 Å². The van der Waals surface area contributed by atoms with E-state index in [0.717, 1.165) is 16.1 Å². The summed E-state index contributed by atoms with van der Waals surface area (Å²) in [6, 6.07) is 14.2. The van der Waals surface area contributed by atoms with E-state index in [0.29, 0.717) is 17.3 Å². The van der Waals surface area contributed by atoms with Crippen LogP contribution >= 0.6 is 22.9 Å². The summed E-state index contributed by atoms with van der Waals surface area (Å²) in [4.78, 5) is 18.5. The average molecular weight is 359 g/mol. The average Bonchev–Trinajstić information content (AvgIpc) is 3.04. The standard InChI is InChI=1S/C18H15ClN2O2S/c1-21(10-12-4-2-7-15(22)8-12)18(23)16-11-24-17(20-16)13-5-3-6-14(19)9-13/h2-9,11,22H,10H2,1H3. The first-order chi connectivity index (χ1) is 11.5. The number of halogens is 1. The van der Waals surface area contributed by atoms with Gasteiger partial charge in [-0.05, 0) is 29.8 Å². The van der Waals surface area contributed by atoms with Crippen LogP contribution in [0.25, 0.3) is 10.6 Å². The molecular weight excluding hydrogens is 344 g/mol. The number of phenols is 1. The van der Waals surface area contributed by atoms with E-state index in [-0.39, 0.29) is 11.7 Å². The van der Waals surface area contributed by atoms with Crippen molar-refractivity contribution >= 4 is 28.8 Å². The zero-order valence-electron chi connectivity index (χ0n) is 12.9. The van der Waals surface area contributed by atoms with Crippen molar-refractivity contribution in [1.82, 2.24) is 9.88 Å². The summed E-state index contributed by atoms with van der Waals surface area (Å²) >= 11 is 7.41. The molecule has 0 spiro atoms. The normalized spacial score (nSPS) is 10.6. The highest BCUT2D eigenvalue weighted by Gasteiger charge is 2.16. The summed E-state index contributed by atoms with van der Waals surface area (Å²) in [5, 5.41) is 12.6. The molecule has 0 saturated heterocycles. The van der Waals surface area contributed by atoms with E-state index < -0.39 is 0 Å². The molecule has 0 saturated carbocycles. The third kappa shape index (κ3) is 3.75. The molecule has 122 valence electrons. The van der Waals surface area contributed by atoms with Gasteiger partial charge in [0.1, 0.15) is 16.5 Å². The number of amides is 1. The van der Waals surface area contributed by atoms with Crippen molar-refractivity contribution < 1.29 is 9.90 Å². The third-order valence-electron chi connectivity index (χ3n) is 3.47. The fourth-order valence-corrected chi connectivity index (χ4v) is 3.30. The molecule has 0 atom stereocenters. The van der Waals surface area contributed by atoms with E-state index in [2.05, 4.69) is 4.98 Å². The molecule has 0 aliphatic heterocycles. The molecule has 0 bridgehead atoms. The van der Waals surface area contributed by atoms with Gasteiger partial charge in [-0.15, -0.1) is 11.3 Å². The number of hydrogen-bond donors (Lipinski definition) is 1. The van der Waals surface area contributed by atoms with E-state index in [4.69, 9.17) is 11.6 Å². The summed E-state index contributed by atoms with van der Waals surface area (Å²) in [6.07, 6.45) is 0. The van der Waals surface area contributed by atoms with Gasteiger partial charge < -0.3 is 10.0 Å². The molecule has 0 unspecified atom stereocenters. The van der Waals surface area contributed by atoms with Crippen molar-refractivity contribution in [3.8, 4) is 16.3 Å². The molecule has 1 aromatic heterocycles. The predicted octanol–water partition coefficient (Wildman–Crippen LogP) is 4.44. The smallest absolute Gasteiger partial charge is 0.273 e. The Bertz CT molecular complexity index is 879. The van der Waals surface area contributed by atoms with Gasteiger partial charge in [0.25, 0.3) is 5.91 Å². The molecule has 3 rings (SSSR count). The van der Waals surface area contributed by atoms with E-state index in [9.17, 15) is 9.90 Å². The van der Waals surface area contributed by atoms with Gasteiger partial charge in [-0.1, -0.05) is 35.9 Å². The van der Waals surface area contributed by atoms with E-state index in [1.807, 2.05) is 24.3 Å². The van der Waals surface area contributed by atoms with Gasteiger partial charge in [-0.2, -0.15) is 0 Å². The van der Waals surface area contributed by atoms with Crippen LogP contribution in [0.1, 0.15) is 16.1 Å². The predicted molar refractivity (Wildman–Crippen MR) is 96.5 cm³/mol. The number of benzene rings is 2. The van der Waals surface area contributed by atoms with Crippen molar-refractivity contribution in [2.45, 2.75) is 6.54 Å². The summed E-state index contributed by atoms with van der Waals surface area (Å²) in [5.41, 5.74) is 2.15. The molecular formula is C18H15ClN2O2S. The van der Waals surface area contributed by atoms with E-state index >= 15 is 0 Å². The zero-order chi connectivity index (χ0) is 17.1. The Labute approximate surface area is 149 Å². The van der Waals surface area contributed by atoms with Gasteiger partial charge in [0, 0.05) is 29.6 Å². The molecule has 0 fully saturated rings. The Morgan fingerprint density at radius 3 is 2.79 bits per heavy atom. The fourth-order valence-electron chi connectivity index (χ4n) is 2.32. The zero-order valence-corrected chi connectivity index (χ0v) is 14.5. The SMILES string of the molecule is CN(Cc1cccc(O)c1)C(=O)c1csc(-c2cccc(Cl)c2)n1.